The van der Waals surface area contributed by atoms with Gasteiger partial charge in [0.1, 0.15) is 0 Å². The van der Waals surface area contributed by atoms with Gasteiger partial charge in [-0.25, -0.2) is 9.37 Å². The molecule has 0 radical (unpaired) electrons. The number of hydrogen-bond acceptors (Lipinski definition) is 3. The number of nitrogens with one attached hydrogen (secondary N) is 1. The normalized spacial score (nSPS) is 10.4. The van der Waals surface area contributed by atoms with Crippen molar-refractivity contribution in [3.05, 3.63) is 66.4 Å². The van der Waals surface area contributed by atoms with Crippen molar-refractivity contribution in [1.29, 1.82) is 0 Å². The van der Waals surface area contributed by atoms with Crippen molar-refractivity contribution >= 4 is 22.5 Å². The number of nitrogens with zero attached hydrogens (tertiary/aromatic N) is 2. The van der Waals surface area contributed by atoms with E-state index in [1.165, 1.54) is 18.3 Å². The molecule has 2 heterocycles. The molecular weight excluding hydrogens is 257 g/mol. The van der Waals surface area contributed by atoms with Crippen LogP contribution in [-0.2, 0) is 0 Å². The van der Waals surface area contributed by atoms with E-state index in [1.54, 1.807) is 18.3 Å². The van der Waals surface area contributed by atoms with E-state index in [1.807, 2.05) is 18.2 Å². The maximum Gasteiger partial charge on any atom is 0.277 e. The Labute approximate surface area is 114 Å². The number of fused-ring (bicyclic) bond motifs is 1. The molecule has 0 fully saturated rings. The molecule has 0 saturated carbocycles. The average Bonchev–Trinajstić information content (AvgIpc) is 2.48. The van der Waals surface area contributed by atoms with E-state index in [2.05, 4.69) is 15.3 Å². The lowest BCUT2D eigenvalue weighted by Crippen LogP contribution is -2.15. The number of para-hydroxylation sites is 1. The molecule has 0 unspecified atom stereocenters. The van der Waals surface area contributed by atoms with E-state index in [0.29, 0.717) is 11.2 Å². The van der Waals surface area contributed by atoms with Crippen LogP contribution in [0.3, 0.4) is 0 Å². The van der Waals surface area contributed by atoms with Gasteiger partial charge in [-0.1, -0.05) is 18.2 Å². The first-order chi connectivity index (χ1) is 9.75. The lowest BCUT2D eigenvalue weighted by atomic mass is 10.2. The summed E-state index contributed by atoms with van der Waals surface area (Å²) in [4.78, 5) is 20.0. The predicted molar refractivity (Wildman–Crippen MR) is 73.9 cm³/mol. The number of carbonyl (C=O) groups excluding carboxylic acids is 1. The van der Waals surface area contributed by atoms with Crippen LogP contribution >= 0.6 is 0 Å². The molecular formula is C15H10FN3O. The van der Waals surface area contributed by atoms with Crippen molar-refractivity contribution in [2.24, 2.45) is 0 Å². The van der Waals surface area contributed by atoms with Gasteiger partial charge in [0.15, 0.2) is 11.5 Å². The van der Waals surface area contributed by atoms with Crippen LogP contribution in [0.1, 0.15) is 10.5 Å². The quantitative estimate of drug-likeness (QED) is 0.776. The van der Waals surface area contributed by atoms with Gasteiger partial charge < -0.3 is 5.32 Å². The molecule has 0 aliphatic carbocycles. The summed E-state index contributed by atoms with van der Waals surface area (Å²) in [5, 5.41) is 3.53. The third kappa shape index (κ3) is 2.21. The Balaban J connectivity index is 1.98. The molecule has 0 spiro atoms. The number of carbonyl (C=O) groups is 1. The fourth-order valence-corrected chi connectivity index (χ4v) is 1.94. The molecule has 20 heavy (non-hydrogen) atoms. The van der Waals surface area contributed by atoms with E-state index in [4.69, 9.17) is 0 Å². The number of rotatable bonds is 2. The molecule has 0 aliphatic rings. The average molecular weight is 267 g/mol. The van der Waals surface area contributed by atoms with Crippen molar-refractivity contribution in [2.75, 3.05) is 5.32 Å². The first-order valence-corrected chi connectivity index (χ1v) is 6.01. The molecule has 0 bridgehead atoms. The molecule has 4 nitrogen and oxygen atoms in total. The number of aromatic nitrogens is 2. The van der Waals surface area contributed by atoms with Crippen LogP contribution in [0.15, 0.2) is 54.9 Å². The molecule has 5 heteroatoms. The highest BCUT2D eigenvalue weighted by atomic mass is 19.1. The summed E-state index contributed by atoms with van der Waals surface area (Å²) in [6.07, 6.45) is 3.01. The van der Waals surface area contributed by atoms with E-state index >= 15 is 0 Å². The van der Waals surface area contributed by atoms with Crippen molar-refractivity contribution in [3.8, 4) is 0 Å². The molecule has 1 N–H and O–H groups in total. The van der Waals surface area contributed by atoms with Crippen LogP contribution < -0.4 is 5.32 Å². The van der Waals surface area contributed by atoms with Gasteiger partial charge in [-0.05, 0) is 24.3 Å². The maximum atomic E-state index is 13.5. The molecule has 0 aliphatic heterocycles. The first-order valence-electron chi connectivity index (χ1n) is 6.01. The number of pyridine rings is 2. The minimum absolute atomic E-state index is 0.236. The van der Waals surface area contributed by atoms with E-state index in [0.717, 1.165) is 5.39 Å². The zero-order valence-electron chi connectivity index (χ0n) is 10.4. The zero-order valence-corrected chi connectivity index (χ0v) is 10.4. The van der Waals surface area contributed by atoms with Crippen LogP contribution in [0.2, 0.25) is 0 Å². The van der Waals surface area contributed by atoms with Gasteiger partial charge in [-0.3, -0.25) is 9.78 Å². The summed E-state index contributed by atoms with van der Waals surface area (Å²) in [7, 11) is 0. The SMILES string of the molecule is O=C(Nc1cccc2cccnc12)c1ncccc1F. The standard InChI is InChI=1S/C15H10FN3O/c16-11-6-3-9-18-14(11)15(20)19-12-7-1-4-10-5-2-8-17-13(10)12/h1-9H,(H,19,20). The Morgan fingerprint density at radius 3 is 2.60 bits per heavy atom. The summed E-state index contributed by atoms with van der Waals surface area (Å²) < 4.78 is 13.5. The number of benzene rings is 1. The van der Waals surface area contributed by atoms with Gasteiger partial charge in [-0.15, -0.1) is 0 Å². The Hall–Kier alpha value is -2.82. The Morgan fingerprint density at radius 2 is 1.75 bits per heavy atom. The fraction of sp³-hybridized carbons (Fsp3) is 0. The van der Waals surface area contributed by atoms with E-state index in [9.17, 15) is 9.18 Å². The van der Waals surface area contributed by atoms with Gasteiger partial charge in [0.2, 0.25) is 0 Å². The van der Waals surface area contributed by atoms with E-state index in [-0.39, 0.29) is 5.69 Å². The van der Waals surface area contributed by atoms with Crippen LogP contribution in [-0.4, -0.2) is 15.9 Å². The lowest BCUT2D eigenvalue weighted by molar-refractivity contribution is 0.101. The van der Waals surface area contributed by atoms with Crippen LogP contribution in [0.4, 0.5) is 10.1 Å². The highest BCUT2D eigenvalue weighted by Gasteiger charge is 2.14. The number of halogens is 1. The maximum absolute atomic E-state index is 13.5. The highest BCUT2D eigenvalue weighted by Crippen LogP contribution is 2.21. The van der Waals surface area contributed by atoms with Crippen LogP contribution in [0.25, 0.3) is 10.9 Å². The van der Waals surface area contributed by atoms with Crippen LogP contribution in [0.5, 0.6) is 0 Å². The minimum Gasteiger partial charge on any atom is -0.319 e. The smallest absolute Gasteiger partial charge is 0.277 e. The molecule has 0 saturated heterocycles. The van der Waals surface area contributed by atoms with Crippen molar-refractivity contribution in [2.45, 2.75) is 0 Å². The summed E-state index contributed by atoms with van der Waals surface area (Å²) in [6, 6.07) is 11.7. The second-order valence-electron chi connectivity index (χ2n) is 4.17. The predicted octanol–water partition coefficient (Wildman–Crippen LogP) is 3.02. The molecule has 3 rings (SSSR count). The summed E-state index contributed by atoms with van der Waals surface area (Å²) in [5.74, 6) is -1.25. The molecule has 0 atom stereocenters. The van der Waals surface area contributed by atoms with E-state index < -0.39 is 11.7 Å². The van der Waals surface area contributed by atoms with Crippen molar-refractivity contribution in [3.63, 3.8) is 0 Å². The molecule has 2 aromatic heterocycles. The number of anilines is 1. The Morgan fingerprint density at radius 1 is 1.00 bits per heavy atom. The van der Waals surface area contributed by atoms with Gasteiger partial charge in [0.05, 0.1) is 11.2 Å². The second-order valence-corrected chi connectivity index (χ2v) is 4.17. The number of hydrogen-bond donors (Lipinski definition) is 1. The molecule has 1 aromatic carbocycles. The molecule has 3 aromatic rings. The molecule has 1 amide bonds. The van der Waals surface area contributed by atoms with Gasteiger partial charge in [0.25, 0.3) is 5.91 Å². The first kappa shape index (κ1) is 12.2. The number of amides is 1. The fourth-order valence-electron chi connectivity index (χ4n) is 1.94. The summed E-state index contributed by atoms with van der Waals surface area (Å²) >= 11 is 0. The summed E-state index contributed by atoms with van der Waals surface area (Å²) in [5.41, 5.74) is 0.943. The minimum atomic E-state index is -0.654. The van der Waals surface area contributed by atoms with Crippen LogP contribution in [0, 0.1) is 5.82 Å². The van der Waals surface area contributed by atoms with Gasteiger partial charge >= 0.3 is 0 Å². The Kier molecular flexibility index (Phi) is 3.09. The topological polar surface area (TPSA) is 54.9 Å². The monoisotopic (exact) mass is 267 g/mol. The zero-order chi connectivity index (χ0) is 13.9. The third-order valence-corrected chi connectivity index (χ3v) is 2.85. The Bertz CT molecular complexity index is 783. The van der Waals surface area contributed by atoms with Gasteiger partial charge in [-0.2, -0.15) is 0 Å². The second kappa shape index (κ2) is 5.05. The van der Waals surface area contributed by atoms with Crippen molar-refractivity contribution in [1.82, 2.24) is 9.97 Å². The largest absolute Gasteiger partial charge is 0.319 e. The molecule has 98 valence electrons. The lowest BCUT2D eigenvalue weighted by Gasteiger charge is -2.07. The third-order valence-electron chi connectivity index (χ3n) is 2.85. The highest BCUT2D eigenvalue weighted by molar-refractivity contribution is 6.07. The summed E-state index contributed by atoms with van der Waals surface area (Å²) in [6.45, 7) is 0. The van der Waals surface area contributed by atoms with Gasteiger partial charge in [0, 0.05) is 17.8 Å². The van der Waals surface area contributed by atoms with Crippen molar-refractivity contribution < 1.29 is 9.18 Å².